The quantitative estimate of drug-likeness (QED) is 0.325. The maximum Gasteiger partial charge on any atom is 0.123 e. The van der Waals surface area contributed by atoms with Crippen molar-refractivity contribution in [1.82, 2.24) is 5.43 Å². The Kier molecular flexibility index (Phi) is 7.19. The van der Waals surface area contributed by atoms with Gasteiger partial charge in [-0.3, -0.25) is 11.3 Å². The van der Waals surface area contributed by atoms with E-state index in [1.54, 1.807) is 31.0 Å². The average Bonchev–Trinajstić information content (AvgIpc) is 2.35. The minimum atomic E-state index is -0.206. The highest BCUT2D eigenvalue weighted by molar-refractivity contribution is 7.99. The SMILES string of the molecule is COCCCC(CSc1ccc(F)cc1)NN. The third-order valence-electron chi connectivity index (χ3n) is 2.40. The second-order valence-electron chi connectivity index (χ2n) is 3.76. The summed E-state index contributed by atoms with van der Waals surface area (Å²) in [6.07, 6.45) is 1.95. The first-order valence-corrected chi connectivity index (χ1v) is 6.58. The van der Waals surface area contributed by atoms with Crippen molar-refractivity contribution in [3.8, 4) is 0 Å². The molecule has 1 atom stereocenters. The van der Waals surface area contributed by atoms with Gasteiger partial charge in [-0.15, -0.1) is 11.8 Å². The van der Waals surface area contributed by atoms with Crippen LogP contribution in [0.15, 0.2) is 29.2 Å². The summed E-state index contributed by atoms with van der Waals surface area (Å²) in [6, 6.07) is 6.75. The highest BCUT2D eigenvalue weighted by Gasteiger charge is 2.07. The van der Waals surface area contributed by atoms with E-state index in [0.717, 1.165) is 30.1 Å². The van der Waals surface area contributed by atoms with E-state index < -0.39 is 0 Å². The lowest BCUT2D eigenvalue weighted by molar-refractivity contribution is 0.189. The molecule has 0 aliphatic rings. The Morgan fingerprint density at radius 3 is 2.71 bits per heavy atom. The number of hydrogen-bond donors (Lipinski definition) is 2. The van der Waals surface area contributed by atoms with Gasteiger partial charge in [0.1, 0.15) is 5.82 Å². The number of benzene rings is 1. The van der Waals surface area contributed by atoms with Gasteiger partial charge in [0.05, 0.1) is 0 Å². The van der Waals surface area contributed by atoms with Crippen LogP contribution in [0.3, 0.4) is 0 Å². The molecule has 0 amide bonds. The monoisotopic (exact) mass is 258 g/mol. The molecule has 0 aromatic heterocycles. The van der Waals surface area contributed by atoms with Gasteiger partial charge in [0.25, 0.3) is 0 Å². The molecule has 1 unspecified atom stereocenters. The maximum absolute atomic E-state index is 12.7. The third kappa shape index (κ3) is 6.02. The number of nitrogens with one attached hydrogen (secondary N) is 1. The van der Waals surface area contributed by atoms with Crippen LogP contribution in [0.2, 0.25) is 0 Å². The van der Waals surface area contributed by atoms with Crippen molar-refractivity contribution in [3.05, 3.63) is 30.1 Å². The van der Waals surface area contributed by atoms with Gasteiger partial charge < -0.3 is 4.74 Å². The fourth-order valence-corrected chi connectivity index (χ4v) is 2.40. The normalized spacial score (nSPS) is 12.6. The number of methoxy groups -OCH3 is 1. The number of ether oxygens (including phenoxy) is 1. The molecule has 0 fully saturated rings. The number of hydrazine groups is 1. The zero-order valence-electron chi connectivity index (χ0n) is 9.99. The molecule has 1 aromatic carbocycles. The van der Waals surface area contributed by atoms with Gasteiger partial charge in [0.15, 0.2) is 0 Å². The van der Waals surface area contributed by atoms with Gasteiger partial charge in [0.2, 0.25) is 0 Å². The van der Waals surface area contributed by atoms with Crippen LogP contribution in [0, 0.1) is 5.82 Å². The number of nitrogens with two attached hydrogens (primary N) is 1. The standard InChI is InChI=1S/C12H19FN2OS/c1-16-8-2-3-11(15-14)9-17-12-6-4-10(13)5-7-12/h4-7,11,15H,2-3,8-9,14H2,1H3. The highest BCUT2D eigenvalue weighted by atomic mass is 32.2. The van der Waals surface area contributed by atoms with Crippen molar-refractivity contribution in [3.63, 3.8) is 0 Å². The summed E-state index contributed by atoms with van der Waals surface area (Å²) in [4.78, 5) is 1.05. The summed E-state index contributed by atoms with van der Waals surface area (Å²) in [5, 5.41) is 0. The van der Waals surface area contributed by atoms with E-state index in [2.05, 4.69) is 5.43 Å². The second-order valence-corrected chi connectivity index (χ2v) is 4.86. The summed E-state index contributed by atoms with van der Waals surface area (Å²) < 4.78 is 17.7. The summed E-state index contributed by atoms with van der Waals surface area (Å²) in [5.41, 5.74) is 2.79. The van der Waals surface area contributed by atoms with Crippen LogP contribution in [-0.4, -0.2) is 25.5 Å². The fraction of sp³-hybridized carbons (Fsp3) is 0.500. The van der Waals surface area contributed by atoms with Crippen molar-refractivity contribution in [2.75, 3.05) is 19.5 Å². The van der Waals surface area contributed by atoms with Crippen LogP contribution < -0.4 is 11.3 Å². The first-order valence-electron chi connectivity index (χ1n) is 5.59. The number of rotatable bonds is 8. The van der Waals surface area contributed by atoms with E-state index in [1.807, 2.05) is 0 Å². The van der Waals surface area contributed by atoms with Crippen LogP contribution in [0.4, 0.5) is 4.39 Å². The van der Waals surface area contributed by atoms with Crippen LogP contribution in [0.1, 0.15) is 12.8 Å². The number of hydrogen-bond acceptors (Lipinski definition) is 4. The van der Waals surface area contributed by atoms with Crippen molar-refractivity contribution in [1.29, 1.82) is 0 Å². The van der Waals surface area contributed by atoms with Gasteiger partial charge in [0, 0.05) is 30.4 Å². The Hall–Kier alpha value is -0.620. The molecule has 0 radical (unpaired) electrons. The molecule has 5 heteroatoms. The van der Waals surface area contributed by atoms with E-state index in [4.69, 9.17) is 10.6 Å². The molecule has 0 spiro atoms. The Bertz CT molecular complexity index is 308. The van der Waals surface area contributed by atoms with E-state index in [0.29, 0.717) is 0 Å². The first-order chi connectivity index (χ1) is 8.26. The van der Waals surface area contributed by atoms with Crippen LogP contribution >= 0.6 is 11.8 Å². The molecule has 1 rings (SSSR count). The van der Waals surface area contributed by atoms with Crippen LogP contribution in [-0.2, 0) is 4.74 Å². The lowest BCUT2D eigenvalue weighted by atomic mass is 10.2. The molecule has 0 bridgehead atoms. The molecular weight excluding hydrogens is 239 g/mol. The molecule has 0 saturated carbocycles. The zero-order valence-corrected chi connectivity index (χ0v) is 10.8. The van der Waals surface area contributed by atoms with E-state index in [1.165, 1.54) is 12.1 Å². The lowest BCUT2D eigenvalue weighted by Gasteiger charge is -2.15. The number of thioether (sulfide) groups is 1. The molecule has 0 heterocycles. The maximum atomic E-state index is 12.7. The minimum Gasteiger partial charge on any atom is -0.385 e. The summed E-state index contributed by atoms with van der Waals surface area (Å²) in [5.74, 6) is 6.14. The molecule has 3 nitrogen and oxygen atoms in total. The van der Waals surface area contributed by atoms with Gasteiger partial charge in [-0.25, -0.2) is 4.39 Å². The van der Waals surface area contributed by atoms with Gasteiger partial charge in [-0.05, 0) is 37.1 Å². The van der Waals surface area contributed by atoms with E-state index >= 15 is 0 Å². The Morgan fingerprint density at radius 2 is 2.12 bits per heavy atom. The fourth-order valence-electron chi connectivity index (χ4n) is 1.42. The molecule has 3 N–H and O–H groups in total. The third-order valence-corrected chi connectivity index (χ3v) is 3.58. The van der Waals surface area contributed by atoms with Crippen molar-refractivity contribution in [2.45, 2.75) is 23.8 Å². The Labute approximate surface area is 106 Å². The predicted octanol–water partition coefficient (Wildman–Crippen LogP) is 2.18. The van der Waals surface area contributed by atoms with Gasteiger partial charge in [-0.1, -0.05) is 0 Å². The molecule has 96 valence electrons. The molecule has 0 aliphatic heterocycles. The van der Waals surface area contributed by atoms with Crippen LogP contribution in [0.5, 0.6) is 0 Å². The lowest BCUT2D eigenvalue weighted by Crippen LogP contribution is -2.37. The smallest absolute Gasteiger partial charge is 0.123 e. The summed E-state index contributed by atoms with van der Waals surface area (Å²) in [6.45, 7) is 0.749. The van der Waals surface area contributed by atoms with Crippen molar-refractivity contribution in [2.24, 2.45) is 5.84 Å². The largest absolute Gasteiger partial charge is 0.385 e. The highest BCUT2D eigenvalue weighted by Crippen LogP contribution is 2.19. The Morgan fingerprint density at radius 1 is 1.41 bits per heavy atom. The topological polar surface area (TPSA) is 47.3 Å². The van der Waals surface area contributed by atoms with E-state index in [9.17, 15) is 4.39 Å². The second kappa shape index (κ2) is 8.47. The zero-order chi connectivity index (χ0) is 12.5. The average molecular weight is 258 g/mol. The molecule has 0 saturated heterocycles. The molecule has 0 aliphatic carbocycles. The van der Waals surface area contributed by atoms with Crippen molar-refractivity contribution < 1.29 is 9.13 Å². The van der Waals surface area contributed by atoms with Crippen molar-refractivity contribution >= 4 is 11.8 Å². The molecule has 17 heavy (non-hydrogen) atoms. The molecular formula is C12H19FN2OS. The Balaban J connectivity index is 2.29. The first kappa shape index (κ1) is 14.4. The van der Waals surface area contributed by atoms with E-state index in [-0.39, 0.29) is 11.9 Å². The van der Waals surface area contributed by atoms with Gasteiger partial charge in [-0.2, -0.15) is 0 Å². The van der Waals surface area contributed by atoms with Gasteiger partial charge >= 0.3 is 0 Å². The number of halogens is 1. The molecule has 1 aromatic rings. The summed E-state index contributed by atoms with van der Waals surface area (Å²) >= 11 is 1.67. The van der Waals surface area contributed by atoms with Crippen LogP contribution in [0.25, 0.3) is 0 Å². The minimum absolute atomic E-state index is 0.206. The predicted molar refractivity (Wildman–Crippen MR) is 69.3 cm³/mol. The summed E-state index contributed by atoms with van der Waals surface area (Å²) in [7, 11) is 1.69.